The molecule has 0 saturated carbocycles. The van der Waals surface area contributed by atoms with Crippen molar-refractivity contribution in [2.24, 2.45) is 0 Å². The average molecular weight is 337 g/mol. The minimum atomic E-state index is -1.07. The van der Waals surface area contributed by atoms with E-state index in [2.05, 4.69) is 13.8 Å². The van der Waals surface area contributed by atoms with E-state index < -0.39 is 9.04 Å². The molecular weight excluding hydrogens is 300 g/mol. The summed E-state index contributed by atoms with van der Waals surface area (Å²) in [4.78, 5) is 0. The Labute approximate surface area is 145 Å². The molecule has 0 heterocycles. The van der Waals surface area contributed by atoms with Gasteiger partial charge in [0.15, 0.2) is 15.8 Å². The molecule has 0 N–H and O–H groups in total. The molecule has 0 radical (unpaired) electrons. The summed E-state index contributed by atoms with van der Waals surface area (Å²) in [6.07, 6.45) is 12.4. The fourth-order valence-corrected chi connectivity index (χ4v) is 5.12. The number of para-hydroxylation sites is 1. The van der Waals surface area contributed by atoms with E-state index in [9.17, 15) is 0 Å². The van der Waals surface area contributed by atoms with Gasteiger partial charge in [-0.1, -0.05) is 89.8 Å². The lowest BCUT2D eigenvalue weighted by Gasteiger charge is -2.16. The van der Waals surface area contributed by atoms with E-state index in [1.807, 2.05) is 30.3 Å². The van der Waals surface area contributed by atoms with Crippen LogP contribution in [0.3, 0.4) is 0 Å². The highest BCUT2D eigenvalue weighted by atomic mass is 28.3. The van der Waals surface area contributed by atoms with Crippen LogP contribution in [-0.4, -0.2) is 15.8 Å². The van der Waals surface area contributed by atoms with Gasteiger partial charge in [-0.05, 0) is 24.2 Å². The summed E-state index contributed by atoms with van der Waals surface area (Å²) < 4.78 is 11.7. The molecule has 0 aromatic heterocycles. The molecule has 0 bridgehead atoms. The maximum Gasteiger partial charge on any atom is 0.181 e. The van der Waals surface area contributed by atoms with Crippen molar-refractivity contribution >= 4 is 9.04 Å². The smallest absolute Gasteiger partial charge is 0.181 e. The summed E-state index contributed by atoms with van der Waals surface area (Å²) in [7, 11) is -1.07. The minimum Gasteiger partial charge on any atom is -0.469 e. The molecule has 0 fully saturated rings. The van der Waals surface area contributed by atoms with Crippen LogP contribution in [0.5, 0.6) is 5.75 Å². The summed E-state index contributed by atoms with van der Waals surface area (Å²) >= 11 is 0. The summed E-state index contributed by atoms with van der Waals surface area (Å²) in [5.41, 5.74) is 0. The van der Waals surface area contributed by atoms with Crippen LogP contribution < -0.4 is 4.74 Å². The number of rotatable bonds is 15. The van der Waals surface area contributed by atoms with E-state index >= 15 is 0 Å². The van der Waals surface area contributed by atoms with Crippen LogP contribution in [0.2, 0.25) is 12.1 Å². The third-order valence-electron chi connectivity index (χ3n) is 4.26. The predicted molar refractivity (Wildman–Crippen MR) is 103 cm³/mol. The standard InChI is InChI=1S/C20H36O2Si/c1-3-5-6-7-8-9-10-14-18-23(17-4-2)22-19-21-20-15-12-11-13-16-20/h11-13,15-16,23H,3-10,14,17-19H2,1-2H3. The zero-order valence-corrected chi connectivity index (χ0v) is 16.4. The Morgan fingerprint density at radius 2 is 1.39 bits per heavy atom. The summed E-state index contributed by atoms with van der Waals surface area (Å²) in [6, 6.07) is 12.5. The fourth-order valence-electron chi connectivity index (χ4n) is 2.85. The molecule has 1 aromatic carbocycles. The first kappa shape index (κ1) is 20.2. The monoisotopic (exact) mass is 336 g/mol. The van der Waals surface area contributed by atoms with E-state index in [1.165, 1.54) is 69.9 Å². The third kappa shape index (κ3) is 11.4. The Balaban J connectivity index is 2.05. The molecule has 0 aliphatic heterocycles. The van der Waals surface area contributed by atoms with Gasteiger partial charge in [0.25, 0.3) is 0 Å². The van der Waals surface area contributed by atoms with Gasteiger partial charge in [0.1, 0.15) is 5.75 Å². The van der Waals surface area contributed by atoms with Gasteiger partial charge in [0.05, 0.1) is 0 Å². The second-order valence-corrected chi connectivity index (χ2v) is 9.15. The van der Waals surface area contributed by atoms with Crippen LogP contribution in [0.1, 0.15) is 71.6 Å². The first-order valence-electron chi connectivity index (χ1n) is 9.66. The molecule has 0 aliphatic rings. The molecule has 0 amide bonds. The van der Waals surface area contributed by atoms with Crippen molar-refractivity contribution in [1.82, 2.24) is 0 Å². The van der Waals surface area contributed by atoms with Gasteiger partial charge >= 0.3 is 0 Å². The van der Waals surface area contributed by atoms with Crippen molar-refractivity contribution in [1.29, 1.82) is 0 Å². The lowest BCUT2D eigenvalue weighted by atomic mass is 10.1. The molecule has 1 aromatic rings. The molecule has 132 valence electrons. The summed E-state index contributed by atoms with van der Waals surface area (Å²) in [5.74, 6) is 0.906. The SMILES string of the molecule is CCCCCCCCCC[SiH](CCC)OCOc1ccccc1. The number of hydrogen-bond donors (Lipinski definition) is 0. The number of benzene rings is 1. The van der Waals surface area contributed by atoms with Crippen LogP contribution in [0.25, 0.3) is 0 Å². The normalized spacial score (nSPS) is 12.3. The van der Waals surface area contributed by atoms with E-state index in [0.29, 0.717) is 6.79 Å². The van der Waals surface area contributed by atoms with E-state index in [4.69, 9.17) is 9.16 Å². The third-order valence-corrected chi connectivity index (χ3v) is 7.14. The first-order chi connectivity index (χ1) is 11.4. The molecular formula is C20H36O2Si. The highest BCUT2D eigenvalue weighted by molar-refractivity contribution is 6.51. The Morgan fingerprint density at radius 3 is 2.04 bits per heavy atom. The van der Waals surface area contributed by atoms with Gasteiger partial charge in [-0.2, -0.15) is 0 Å². The van der Waals surface area contributed by atoms with Crippen molar-refractivity contribution in [2.75, 3.05) is 6.79 Å². The fraction of sp³-hybridized carbons (Fsp3) is 0.700. The van der Waals surface area contributed by atoms with Gasteiger partial charge in [0, 0.05) is 0 Å². The van der Waals surface area contributed by atoms with Crippen molar-refractivity contribution in [2.45, 2.75) is 83.7 Å². The van der Waals surface area contributed by atoms with E-state index in [1.54, 1.807) is 0 Å². The first-order valence-corrected chi connectivity index (χ1v) is 11.8. The van der Waals surface area contributed by atoms with Gasteiger partial charge < -0.3 is 9.16 Å². The van der Waals surface area contributed by atoms with Crippen LogP contribution in [0, 0.1) is 0 Å². The van der Waals surface area contributed by atoms with Gasteiger partial charge in [0.2, 0.25) is 0 Å². The van der Waals surface area contributed by atoms with E-state index in [-0.39, 0.29) is 0 Å². The van der Waals surface area contributed by atoms with Crippen molar-refractivity contribution in [3.05, 3.63) is 30.3 Å². The maximum absolute atomic E-state index is 6.06. The van der Waals surface area contributed by atoms with Gasteiger partial charge in [-0.3, -0.25) is 0 Å². The van der Waals surface area contributed by atoms with Gasteiger partial charge in [-0.25, -0.2) is 0 Å². The predicted octanol–water partition coefficient (Wildman–Crippen LogP) is 6.31. The molecule has 3 heteroatoms. The maximum atomic E-state index is 6.06. The molecule has 1 atom stereocenters. The van der Waals surface area contributed by atoms with Gasteiger partial charge in [-0.15, -0.1) is 0 Å². The van der Waals surface area contributed by atoms with Crippen molar-refractivity contribution < 1.29 is 9.16 Å². The van der Waals surface area contributed by atoms with Crippen molar-refractivity contribution in [3.8, 4) is 5.75 Å². The lowest BCUT2D eigenvalue weighted by Crippen LogP contribution is -2.20. The summed E-state index contributed by atoms with van der Waals surface area (Å²) in [6.45, 7) is 4.97. The highest BCUT2D eigenvalue weighted by Crippen LogP contribution is 2.15. The lowest BCUT2D eigenvalue weighted by molar-refractivity contribution is 0.117. The highest BCUT2D eigenvalue weighted by Gasteiger charge is 2.10. The molecule has 0 aliphatic carbocycles. The van der Waals surface area contributed by atoms with E-state index in [0.717, 1.165) is 5.75 Å². The molecule has 1 rings (SSSR count). The largest absolute Gasteiger partial charge is 0.469 e. The summed E-state index contributed by atoms with van der Waals surface area (Å²) in [5, 5.41) is 0. The quantitative estimate of drug-likeness (QED) is 0.212. The van der Waals surface area contributed by atoms with Crippen LogP contribution in [0.4, 0.5) is 0 Å². The topological polar surface area (TPSA) is 18.5 Å². The Bertz CT molecular complexity index is 356. The molecule has 0 saturated heterocycles. The zero-order chi connectivity index (χ0) is 16.6. The van der Waals surface area contributed by atoms with Crippen molar-refractivity contribution in [3.63, 3.8) is 0 Å². The van der Waals surface area contributed by atoms with Crippen LogP contribution in [0.15, 0.2) is 30.3 Å². The second kappa shape index (κ2) is 14.8. The Morgan fingerprint density at radius 1 is 0.739 bits per heavy atom. The number of ether oxygens (including phenoxy) is 1. The zero-order valence-electron chi connectivity index (χ0n) is 15.3. The molecule has 1 unspecified atom stereocenters. The Kier molecular flexibility index (Phi) is 13.0. The molecule has 23 heavy (non-hydrogen) atoms. The minimum absolute atomic E-state index is 0.428. The molecule has 0 spiro atoms. The number of hydrogen-bond acceptors (Lipinski definition) is 2. The average Bonchev–Trinajstić information content (AvgIpc) is 2.58. The second-order valence-electron chi connectivity index (χ2n) is 6.42. The Hall–Kier alpha value is -0.803. The molecule has 2 nitrogen and oxygen atoms in total. The van der Waals surface area contributed by atoms with Crippen LogP contribution >= 0.6 is 0 Å². The van der Waals surface area contributed by atoms with Crippen LogP contribution in [-0.2, 0) is 4.43 Å². The number of unbranched alkanes of at least 4 members (excludes halogenated alkanes) is 7.